The fraction of sp³-hybridized carbons (Fsp3) is 0.263. The van der Waals surface area contributed by atoms with Gasteiger partial charge in [0.2, 0.25) is 18.0 Å². The van der Waals surface area contributed by atoms with Gasteiger partial charge in [-0.15, -0.1) is 5.10 Å². The minimum absolute atomic E-state index is 0.0637. The number of halogens is 1. The molecule has 0 bridgehead atoms. The SMILES string of the molecule is COc1ccc(OC)c([C@H]2OC(COc3ccc(Cl)cc3)=NN2C(C)=O)c1. The van der Waals surface area contributed by atoms with Crippen molar-refractivity contribution < 1.29 is 23.7 Å². The number of hydrogen-bond acceptors (Lipinski definition) is 6. The van der Waals surface area contributed by atoms with E-state index in [0.29, 0.717) is 27.8 Å². The highest BCUT2D eigenvalue weighted by atomic mass is 35.5. The second kappa shape index (κ2) is 8.18. The molecule has 0 aromatic heterocycles. The van der Waals surface area contributed by atoms with Crippen LogP contribution in [0, 0.1) is 0 Å². The second-order valence-electron chi connectivity index (χ2n) is 5.68. The molecule has 3 rings (SSSR count). The predicted octanol–water partition coefficient (Wildman–Crippen LogP) is 3.63. The number of methoxy groups -OCH3 is 2. The first kappa shape index (κ1) is 18.8. The van der Waals surface area contributed by atoms with E-state index in [1.165, 1.54) is 11.9 Å². The zero-order chi connectivity index (χ0) is 19.4. The Balaban J connectivity index is 1.80. The summed E-state index contributed by atoms with van der Waals surface area (Å²) in [5, 5.41) is 6.10. The first-order chi connectivity index (χ1) is 13.0. The van der Waals surface area contributed by atoms with Crippen molar-refractivity contribution in [2.45, 2.75) is 13.2 Å². The Morgan fingerprint density at radius 1 is 1.15 bits per heavy atom. The molecule has 2 aromatic rings. The lowest BCUT2D eigenvalue weighted by molar-refractivity contribution is -0.135. The number of hydrazone groups is 1. The van der Waals surface area contributed by atoms with Gasteiger partial charge in [0.05, 0.1) is 19.8 Å². The van der Waals surface area contributed by atoms with E-state index in [-0.39, 0.29) is 18.4 Å². The van der Waals surface area contributed by atoms with Crippen LogP contribution in [0.2, 0.25) is 5.02 Å². The number of carbonyl (C=O) groups excluding carboxylic acids is 1. The summed E-state index contributed by atoms with van der Waals surface area (Å²) in [6.45, 7) is 1.48. The van der Waals surface area contributed by atoms with Crippen LogP contribution in [-0.2, 0) is 9.53 Å². The molecule has 0 radical (unpaired) electrons. The zero-order valence-electron chi connectivity index (χ0n) is 15.1. The van der Waals surface area contributed by atoms with E-state index >= 15 is 0 Å². The van der Waals surface area contributed by atoms with Crippen molar-refractivity contribution in [3.63, 3.8) is 0 Å². The molecule has 1 heterocycles. The Morgan fingerprint density at radius 3 is 2.48 bits per heavy atom. The third-order valence-electron chi connectivity index (χ3n) is 3.89. The summed E-state index contributed by atoms with van der Waals surface area (Å²) in [5.41, 5.74) is 0.622. The molecule has 0 fully saturated rings. The van der Waals surface area contributed by atoms with Gasteiger partial charge in [-0.3, -0.25) is 4.79 Å². The number of amides is 1. The van der Waals surface area contributed by atoms with Crippen LogP contribution in [0.3, 0.4) is 0 Å². The lowest BCUT2D eigenvalue weighted by atomic mass is 10.1. The molecule has 1 amide bonds. The number of carbonyl (C=O) groups is 1. The third-order valence-corrected chi connectivity index (χ3v) is 4.14. The van der Waals surface area contributed by atoms with E-state index in [9.17, 15) is 4.79 Å². The minimum atomic E-state index is -0.767. The van der Waals surface area contributed by atoms with Crippen molar-refractivity contribution >= 4 is 23.4 Å². The van der Waals surface area contributed by atoms with Crippen LogP contribution in [0.15, 0.2) is 47.6 Å². The summed E-state index contributed by atoms with van der Waals surface area (Å²) < 4.78 is 22.2. The standard InChI is InChI=1S/C19H19ClN2O5/c1-12(23)22-19(16-10-15(24-2)8-9-17(16)25-3)27-18(21-22)11-26-14-6-4-13(20)5-7-14/h4-10,19H,11H2,1-3H3/t19-/m1/s1. The van der Waals surface area contributed by atoms with Crippen LogP contribution < -0.4 is 14.2 Å². The molecule has 2 aromatic carbocycles. The molecule has 27 heavy (non-hydrogen) atoms. The zero-order valence-corrected chi connectivity index (χ0v) is 15.9. The van der Waals surface area contributed by atoms with Crippen LogP contribution in [0.5, 0.6) is 17.2 Å². The van der Waals surface area contributed by atoms with Gasteiger partial charge in [0.15, 0.2) is 6.61 Å². The third kappa shape index (κ3) is 4.25. The van der Waals surface area contributed by atoms with Crippen LogP contribution in [0.25, 0.3) is 0 Å². The molecule has 0 unspecified atom stereocenters. The maximum absolute atomic E-state index is 12.1. The van der Waals surface area contributed by atoms with Crippen molar-refractivity contribution in [1.29, 1.82) is 0 Å². The van der Waals surface area contributed by atoms with Gasteiger partial charge >= 0.3 is 0 Å². The molecule has 7 nitrogen and oxygen atoms in total. The van der Waals surface area contributed by atoms with Crippen molar-refractivity contribution in [3.8, 4) is 17.2 Å². The van der Waals surface area contributed by atoms with Gasteiger partial charge in [-0.25, -0.2) is 0 Å². The quantitative estimate of drug-likeness (QED) is 0.753. The van der Waals surface area contributed by atoms with Gasteiger partial charge < -0.3 is 18.9 Å². The summed E-state index contributed by atoms with van der Waals surface area (Å²) in [6.07, 6.45) is -0.767. The van der Waals surface area contributed by atoms with E-state index in [2.05, 4.69) is 5.10 Å². The van der Waals surface area contributed by atoms with E-state index in [0.717, 1.165) is 0 Å². The Hall–Kier alpha value is -2.93. The van der Waals surface area contributed by atoms with Crippen LogP contribution in [-0.4, -0.2) is 37.6 Å². The van der Waals surface area contributed by atoms with Crippen LogP contribution >= 0.6 is 11.6 Å². The van der Waals surface area contributed by atoms with Gasteiger partial charge in [0.1, 0.15) is 17.2 Å². The van der Waals surface area contributed by atoms with Gasteiger partial charge in [0, 0.05) is 11.9 Å². The molecule has 1 atom stereocenters. The largest absolute Gasteiger partial charge is 0.497 e. The maximum Gasteiger partial charge on any atom is 0.247 e. The number of benzene rings is 2. The molecule has 0 saturated heterocycles. The first-order valence-corrected chi connectivity index (χ1v) is 8.54. The molecule has 0 N–H and O–H groups in total. The fourth-order valence-electron chi connectivity index (χ4n) is 2.58. The van der Waals surface area contributed by atoms with Crippen molar-refractivity contribution in [2.75, 3.05) is 20.8 Å². The normalized spacial score (nSPS) is 15.8. The Morgan fingerprint density at radius 2 is 1.85 bits per heavy atom. The van der Waals surface area contributed by atoms with Gasteiger partial charge in [-0.2, -0.15) is 5.01 Å². The molecule has 8 heteroatoms. The Bertz CT molecular complexity index is 854. The Kier molecular flexibility index (Phi) is 5.71. The van der Waals surface area contributed by atoms with Gasteiger partial charge in [-0.05, 0) is 42.5 Å². The van der Waals surface area contributed by atoms with Crippen LogP contribution in [0.4, 0.5) is 0 Å². The van der Waals surface area contributed by atoms with Crippen LogP contribution in [0.1, 0.15) is 18.7 Å². The average Bonchev–Trinajstić information content (AvgIpc) is 3.11. The van der Waals surface area contributed by atoms with E-state index < -0.39 is 6.23 Å². The van der Waals surface area contributed by atoms with E-state index in [4.69, 9.17) is 30.5 Å². The summed E-state index contributed by atoms with van der Waals surface area (Å²) in [7, 11) is 3.11. The average molecular weight is 391 g/mol. The lowest BCUT2D eigenvalue weighted by Gasteiger charge is -2.21. The monoisotopic (exact) mass is 390 g/mol. The number of ether oxygens (including phenoxy) is 4. The van der Waals surface area contributed by atoms with Crippen molar-refractivity contribution in [1.82, 2.24) is 5.01 Å². The lowest BCUT2D eigenvalue weighted by Crippen LogP contribution is -2.25. The molecular weight excluding hydrogens is 372 g/mol. The first-order valence-electron chi connectivity index (χ1n) is 8.16. The molecular formula is C19H19ClN2O5. The second-order valence-corrected chi connectivity index (χ2v) is 6.11. The maximum atomic E-state index is 12.1. The number of hydrogen-bond donors (Lipinski definition) is 0. The number of nitrogens with zero attached hydrogens (tertiary/aromatic N) is 2. The highest BCUT2D eigenvalue weighted by Gasteiger charge is 2.35. The molecule has 0 spiro atoms. The smallest absolute Gasteiger partial charge is 0.247 e. The predicted molar refractivity (Wildman–Crippen MR) is 100 cm³/mol. The fourth-order valence-corrected chi connectivity index (χ4v) is 2.70. The summed E-state index contributed by atoms with van der Waals surface area (Å²) in [4.78, 5) is 12.1. The molecule has 1 aliphatic heterocycles. The van der Waals surface area contributed by atoms with Crippen molar-refractivity contribution in [3.05, 3.63) is 53.1 Å². The molecule has 0 aliphatic carbocycles. The highest BCUT2D eigenvalue weighted by Crippen LogP contribution is 2.36. The Labute approximate surface area is 162 Å². The van der Waals surface area contributed by atoms with Gasteiger partial charge in [0.25, 0.3) is 0 Å². The van der Waals surface area contributed by atoms with Gasteiger partial charge in [-0.1, -0.05) is 11.6 Å². The summed E-state index contributed by atoms with van der Waals surface area (Å²) >= 11 is 5.86. The summed E-state index contributed by atoms with van der Waals surface area (Å²) in [5.74, 6) is 1.79. The molecule has 0 saturated carbocycles. The topological polar surface area (TPSA) is 69.6 Å². The number of rotatable bonds is 6. The molecule has 1 aliphatic rings. The molecule has 142 valence electrons. The van der Waals surface area contributed by atoms with E-state index in [1.54, 1.807) is 56.7 Å². The highest BCUT2D eigenvalue weighted by molar-refractivity contribution is 6.30. The van der Waals surface area contributed by atoms with Crippen molar-refractivity contribution in [2.24, 2.45) is 5.10 Å². The van der Waals surface area contributed by atoms with E-state index in [1.807, 2.05) is 0 Å². The summed E-state index contributed by atoms with van der Waals surface area (Å²) in [6, 6.07) is 12.2. The minimum Gasteiger partial charge on any atom is -0.497 e.